The second-order valence-corrected chi connectivity index (χ2v) is 6.79. The SMILES string of the molecule is COC(=O)[C@H]1CCC2=C(CCc3cc(OC)ccc32)[C@]1(C)C(=O)OC. The molecule has 0 aliphatic heterocycles. The first-order valence-corrected chi connectivity index (χ1v) is 8.53. The molecule has 0 saturated carbocycles. The fourth-order valence-electron chi connectivity index (χ4n) is 4.39. The smallest absolute Gasteiger partial charge is 0.316 e. The van der Waals surface area contributed by atoms with Crippen LogP contribution in [0.2, 0.25) is 0 Å². The van der Waals surface area contributed by atoms with Crippen LogP contribution in [-0.2, 0) is 25.5 Å². The lowest BCUT2D eigenvalue weighted by molar-refractivity contribution is -0.163. The number of ether oxygens (including phenoxy) is 3. The summed E-state index contributed by atoms with van der Waals surface area (Å²) in [4.78, 5) is 25.0. The van der Waals surface area contributed by atoms with Crippen molar-refractivity contribution in [2.45, 2.75) is 32.6 Å². The lowest BCUT2D eigenvalue weighted by Crippen LogP contribution is -2.46. The van der Waals surface area contributed by atoms with E-state index in [0.717, 1.165) is 41.7 Å². The van der Waals surface area contributed by atoms with Crippen molar-refractivity contribution in [1.82, 2.24) is 0 Å². The second-order valence-electron chi connectivity index (χ2n) is 6.79. The van der Waals surface area contributed by atoms with E-state index < -0.39 is 11.3 Å². The van der Waals surface area contributed by atoms with E-state index in [2.05, 4.69) is 12.1 Å². The highest BCUT2D eigenvalue weighted by Gasteiger charge is 2.53. The van der Waals surface area contributed by atoms with Crippen LogP contribution in [0, 0.1) is 11.3 Å². The van der Waals surface area contributed by atoms with Crippen molar-refractivity contribution in [2.24, 2.45) is 11.3 Å². The molecule has 1 aromatic carbocycles. The maximum absolute atomic E-state index is 12.7. The van der Waals surface area contributed by atoms with E-state index in [-0.39, 0.29) is 11.9 Å². The Bertz CT molecular complexity index is 748. The normalized spacial score (nSPS) is 24.9. The van der Waals surface area contributed by atoms with Crippen LogP contribution < -0.4 is 4.74 Å². The number of hydrogen-bond acceptors (Lipinski definition) is 5. The first kappa shape index (κ1) is 17.5. The van der Waals surface area contributed by atoms with Crippen LogP contribution in [0.4, 0.5) is 0 Å². The molecule has 2 aliphatic carbocycles. The highest BCUT2D eigenvalue weighted by atomic mass is 16.5. The standard InChI is InChI=1S/C20H24O5/c1-20(19(22)25-4)16-9-5-12-11-13(23-2)6-7-14(12)15(16)8-10-17(20)18(21)24-3/h6-7,11,17H,5,8-10H2,1-4H3/t17-,20+/m1/s1. The predicted molar refractivity (Wildman–Crippen MR) is 93.1 cm³/mol. The number of allylic oxidation sites excluding steroid dienone is 1. The van der Waals surface area contributed by atoms with Gasteiger partial charge >= 0.3 is 11.9 Å². The van der Waals surface area contributed by atoms with Gasteiger partial charge in [0.05, 0.1) is 32.7 Å². The minimum atomic E-state index is -0.979. The monoisotopic (exact) mass is 344 g/mol. The Kier molecular flexibility index (Phi) is 4.58. The largest absolute Gasteiger partial charge is 0.497 e. The molecule has 5 nitrogen and oxygen atoms in total. The van der Waals surface area contributed by atoms with Crippen molar-refractivity contribution in [1.29, 1.82) is 0 Å². The molecule has 0 spiro atoms. The lowest BCUT2D eigenvalue weighted by atomic mass is 9.60. The Hall–Kier alpha value is -2.30. The minimum Gasteiger partial charge on any atom is -0.497 e. The zero-order valence-corrected chi connectivity index (χ0v) is 15.2. The third-order valence-electron chi connectivity index (χ3n) is 5.75. The van der Waals surface area contributed by atoms with E-state index >= 15 is 0 Å². The van der Waals surface area contributed by atoms with Gasteiger partial charge in [0.2, 0.25) is 0 Å². The van der Waals surface area contributed by atoms with Crippen molar-refractivity contribution < 1.29 is 23.8 Å². The first-order chi connectivity index (χ1) is 12.0. The second kappa shape index (κ2) is 6.54. The van der Waals surface area contributed by atoms with Gasteiger partial charge in [0.15, 0.2) is 0 Å². The Balaban J connectivity index is 2.15. The number of aryl methyl sites for hydroxylation is 1. The molecule has 0 N–H and O–H groups in total. The van der Waals surface area contributed by atoms with E-state index in [1.807, 2.05) is 13.0 Å². The average Bonchev–Trinajstić information content (AvgIpc) is 2.66. The number of fused-ring (bicyclic) bond motifs is 2. The van der Waals surface area contributed by atoms with Gasteiger partial charge in [-0.2, -0.15) is 0 Å². The molecule has 5 heteroatoms. The predicted octanol–water partition coefficient (Wildman–Crippen LogP) is 3.16. The Morgan fingerprint density at radius 1 is 1.08 bits per heavy atom. The summed E-state index contributed by atoms with van der Waals surface area (Å²) >= 11 is 0. The summed E-state index contributed by atoms with van der Waals surface area (Å²) in [5, 5.41) is 0. The van der Waals surface area contributed by atoms with Crippen LogP contribution >= 0.6 is 0 Å². The molecule has 25 heavy (non-hydrogen) atoms. The molecule has 2 atom stereocenters. The van der Waals surface area contributed by atoms with Crippen LogP contribution in [0.5, 0.6) is 5.75 Å². The van der Waals surface area contributed by atoms with E-state index in [9.17, 15) is 9.59 Å². The highest BCUT2D eigenvalue weighted by molar-refractivity contribution is 5.93. The number of carbonyl (C=O) groups excluding carboxylic acids is 2. The summed E-state index contributed by atoms with van der Waals surface area (Å²) in [7, 11) is 4.40. The topological polar surface area (TPSA) is 61.8 Å². The molecule has 0 heterocycles. The lowest BCUT2D eigenvalue weighted by Gasteiger charge is -2.43. The van der Waals surface area contributed by atoms with Crippen molar-refractivity contribution in [3.05, 3.63) is 34.9 Å². The number of methoxy groups -OCH3 is 3. The third-order valence-corrected chi connectivity index (χ3v) is 5.75. The first-order valence-electron chi connectivity index (χ1n) is 8.53. The highest BCUT2D eigenvalue weighted by Crippen LogP contribution is 2.53. The number of hydrogen-bond donors (Lipinski definition) is 0. The summed E-state index contributed by atoms with van der Waals surface area (Å²) in [5.41, 5.74) is 3.57. The van der Waals surface area contributed by atoms with Gasteiger partial charge < -0.3 is 14.2 Å². The van der Waals surface area contributed by atoms with Crippen LogP contribution in [0.15, 0.2) is 23.8 Å². The zero-order chi connectivity index (χ0) is 18.2. The molecule has 1 aromatic rings. The van der Waals surface area contributed by atoms with Gasteiger partial charge in [-0.15, -0.1) is 0 Å². The van der Waals surface area contributed by atoms with E-state index in [1.54, 1.807) is 7.11 Å². The molecule has 0 fully saturated rings. The van der Waals surface area contributed by atoms with E-state index in [4.69, 9.17) is 14.2 Å². The van der Waals surface area contributed by atoms with Crippen molar-refractivity contribution >= 4 is 17.5 Å². The molecular weight excluding hydrogens is 320 g/mol. The molecule has 3 rings (SSSR count). The van der Waals surface area contributed by atoms with Gasteiger partial charge in [0, 0.05) is 0 Å². The molecular formula is C20H24O5. The number of benzene rings is 1. The maximum atomic E-state index is 12.7. The Morgan fingerprint density at radius 3 is 2.48 bits per heavy atom. The van der Waals surface area contributed by atoms with Gasteiger partial charge in [0.25, 0.3) is 0 Å². The molecule has 0 amide bonds. The summed E-state index contributed by atoms with van der Waals surface area (Å²) in [6.07, 6.45) is 2.87. The van der Waals surface area contributed by atoms with Gasteiger partial charge in [-0.1, -0.05) is 6.07 Å². The summed E-state index contributed by atoms with van der Waals surface area (Å²) in [6.45, 7) is 1.82. The summed E-state index contributed by atoms with van der Waals surface area (Å²) < 4.78 is 15.4. The molecule has 0 bridgehead atoms. The van der Waals surface area contributed by atoms with Crippen LogP contribution in [0.25, 0.3) is 5.57 Å². The fraction of sp³-hybridized carbons (Fsp3) is 0.500. The van der Waals surface area contributed by atoms with Gasteiger partial charge in [-0.25, -0.2) is 0 Å². The van der Waals surface area contributed by atoms with Crippen LogP contribution in [0.1, 0.15) is 37.3 Å². The number of rotatable bonds is 3. The van der Waals surface area contributed by atoms with Crippen molar-refractivity contribution in [2.75, 3.05) is 21.3 Å². The van der Waals surface area contributed by atoms with Crippen molar-refractivity contribution in [3.63, 3.8) is 0 Å². The van der Waals surface area contributed by atoms with Gasteiger partial charge in [0.1, 0.15) is 5.75 Å². The molecule has 0 saturated heterocycles. The molecule has 0 aromatic heterocycles. The molecule has 0 unspecified atom stereocenters. The minimum absolute atomic E-state index is 0.347. The van der Waals surface area contributed by atoms with E-state index in [0.29, 0.717) is 6.42 Å². The Labute approximate surface area is 148 Å². The maximum Gasteiger partial charge on any atom is 0.316 e. The fourth-order valence-corrected chi connectivity index (χ4v) is 4.39. The van der Waals surface area contributed by atoms with Crippen LogP contribution in [-0.4, -0.2) is 33.3 Å². The van der Waals surface area contributed by atoms with Crippen molar-refractivity contribution in [3.8, 4) is 5.75 Å². The van der Waals surface area contributed by atoms with Gasteiger partial charge in [-0.3, -0.25) is 9.59 Å². The Morgan fingerprint density at radius 2 is 1.84 bits per heavy atom. The van der Waals surface area contributed by atoms with Gasteiger partial charge in [-0.05, 0) is 67.0 Å². The molecule has 2 aliphatic rings. The quantitative estimate of drug-likeness (QED) is 0.788. The number of carbonyl (C=O) groups is 2. The third kappa shape index (κ3) is 2.62. The molecule has 134 valence electrons. The summed E-state index contributed by atoms with van der Waals surface area (Å²) in [5.74, 6) is -0.391. The van der Waals surface area contributed by atoms with E-state index in [1.165, 1.54) is 19.8 Å². The average molecular weight is 344 g/mol. The number of esters is 2. The zero-order valence-electron chi connectivity index (χ0n) is 15.2. The summed E-state index contributed by atoms with van der Waals surface area (Å²) in [6, 6.07) is 6.05. The van der Waals surface area contributed by atoms with Crippen LogP contribution in [0.3, 0.4) is 0 Å². The molecule has 0 radical (unpaired) electrons.